The molecule has 1 aromatic carbocycles. The molecule has 0 aliphatic heterocycles. The van der Waals surface area contributed by atoms with Crippen molar-refractivity contribution in [2.45, 2.75) is 26.4 Å². The molecule has 2 amide bonds. The molecule has 0 radical (unpaired) electrons. The van der Waals surface area contributed by atoms with Crippen molar-refractivity contribution in [3.8, 4) is 5.75 Å². The van der Waals surface area contributed by atoms with Gasteiger partial charge in [0.15, 0.2) is 0 Å². The van der Waals surface area contributed by atoms with Gasteiger partial charge in [-0.1, -0.05) is 18.5 Å². The van der Waals surface area contributed by atoms with Crippen molar-refractivity contribution < 1.29 is 14.6 Å². The van der Waals surface area contributed by atoms with E-state index in [0.717, 1.165) is 0 Å². The number of carbonyl (C=O) groups is 1. The van der Waals surface area contributed by atoms with Crippen molar-refractivity contribution in [1.82, 2.24) is 5.32 Å². The molecule has 0 spiro atoms. The molecule has 0 heterocycles. The number of aliphatic hydroxyl groups is 1. The minimum absolute atomic E-state index is 0.196. The Labute approximate surface area is 124 Å². The van der Waals surface area contributed by atoms with Crippen LogP contribution in [0.25, 0.3) is 0 Å². The second kappa shape index (κ2) is 7.97. The largest absolute Gasteiger partial charge is 0.497 e. The van der Waals surface area contributed by atoms with Gasteiger partial charge in [0, 0.05) is 12.6 Å². The van der Waals surface area contributed by atoms with Gasteiger partial charge >= 0.3 is 6.03 Å². The van der Waals surface area contributed by atoms with E-state index in [0.29, 0.717) is 29.4 Å². The summed E-state index contributed by atoms with van der Waals surface area (Å²) in [7, 11) is 1.55. The molecule has 1 rings (SSSR count). The van der Waals surface area contributed by atoms with E-state index in [1.54, 1.807) is 32.2 Å². The number of carbonyl (C=O) groups excluding carboxylic acids is 1. The van der Waals surface area contributed by atoms with Crippen molar-refractivity contribution in [1.29, 1.82) is 0 Å². The molecule has 0 aromatic heterocycles. The molecular formula is C14H21ClN2O3. The molecule has 0 saturated carbocycles. The minimum atomic E-state index is -0.373. The summed E-state index contributed by atoms with van der Waals surface area (Å²) < 4.78 is 5.08. The van der Waals surface area contributed by atoms with Crippen LogP contribution in [0.1, 0.15) is 20.3 Å². The number of nitrogens with one attached hydrogen (secondary N) is 2. The smallest absolute Gasteiger partial charge is 0.319 e. The first-order valence-corrected chi connectivity index (χ1v) is 6.86. The average molecular weight is 301 g/mol. The molecule has 0 aliphatic rings. The van der Waals surface area contributed by atoms with Crippen LogP contribution in [0.2, 0.25) is 5.02 Å². The van der Waals surface area contributed by atoms with Gasteiger partial charge in [0.2, 0.25) is 0 Å². The van der Waals surface area contributed by atoms with Crippen LogP contribution in [0, 0.1) is 5.92 Å². The fourth-order valence-corrected chi connectivity index (χ4v) is 1.99. The lowest BCUT2D eigenvalue weighted by Crippen LogP contribution is -2.33. The Morgan fingerprint density at radius 2 is 2.15 bits per heavy atom. The number of anilines is 1. The van der Waals surface area contributed by atoms with Gasteiger partial charge in [0.25, 0.3) is 0 Å². The summed E-state index contributed by atoms with van der Waals surface area (Å²) in [6.45, 7) is 4.18. The van der Waals surface area contributed by atoms with E-state index in [9.17, 15) is 9.90 Å². The van der Waals surface area contributed by atoms with Gasteiger partial charge in [0.05, 0.1) is 23.9 Å². The lowest BCUT2D eigenvalue weighted by molar-refractivity contribution is 0.163. The monoisotopic (exact) mass is 300 g/mol. The number of benzene rings is 1. The Balaban J connectivity index is 2.50. The number of hydrogen-bond acceptors (Lipinski definition) is 3. The maximum Gasteiger partial charge on any atom is 0.319 e. The van der Waals surface area contributed by atoms with Gasteiger partial charge in [-0.15, -0.1) is 0 Å². The summed E-state index contributed by atoms with van der Waals surface area (Å²) in [5.41, 5.74) is 0.492. The lowest BCUT2D eigenvalue weighted by atomic mass is 10.1. The Bertz CT molecular complexity index is 452. The average Bonchev–Trinajstić information content (AvgIpc) is 2.38. The molecule has 5 nitrogen and oxygen atoms in total. The standard InChI is InChI=1S/C14H21ClN2O3/c1-9(6-10(2)18)8-16-14(19)17-13-7-11(20-3)4-5-12(13)15/h4-5,7,9-10,18H,6,8H2,1-3H3,(H2,16,17,19). The number of aliphatic hydroxyl groups excluding tert-OH is 1. The minimum Gasteiger partial charge on any atom is -0.497 e. The van der Waals surface area contributed by atoms with Crippen molar-refractivity contribution in [3.63, 3.8) is 0 Å². The normalized spacial score (nSPS) is 13.4. The molecule has 0 fully saturated rings. The highest BCUT2D eigenvalue weighted by Crippen LogP contribution is 2.26. The number of rotatable bonds is 6. The van der Waals surface area contributed by atoms with Crippen LogP contribution < -0.4 is 15.4 Å². The molecule has 112 valence electrons. The highest BCUT2D eigenvalue weighted by atomic mass is 35.5. The van der Waals surface area contributed by atoms with Gasteiger partial charge in [-0.2, -0.15) is 0 Å². The molecule has 2 unspecified atom stereocenters. The first-order valence-electron chi connectivity index (χ1n) is 6.48. The van der Waals surface area contributed by atoms with E-state index in [1.807, 2.05) is 6.92 Å². The zero-order chi connectivity index (χ0) is 15.1. The SMILES string of the molecule is COc1ccc(Cl)c(NC(=O)NCC(C)CC(C)O)c1. The van der Waals surface area contributed by atoms with Crippen LogP contribution in [0.15, 0.2) is 18.2 Å². The van der Waals surface area contributed by atoms with Crippen LogP contribution in [-0.2, 0) is 0 Å². The number of amides is 2. The van der Waals surface area contributed by atoms with E-state index in [2.05, 4.69) is 10.6 Å². The zero-order valence-electron chi connectivity index (χ0n) is 11.9. The van der Waals surface area contributed by atoms with E-state index in [-0.39, 0.29) is 18.1 Å². The van der Waals surface area contributed by atoms with Crippen molar-refractivity contribution in [3.05, 3.63) is 23.2 Å². The second-order valence-corrected chi connectivity index (χ2v) is 5.28. The summed E-state index contributed by atoms with van der Waals surface area (Å²) in [4.78, 5) is 11.8. The van der Waals surface area contributed by atoms with E-state index in [4.69, 9.17) is 16.3 Å². The Hall–Kier alpha value is -1.46. The zero-order valence-corrected chi connectivity index (χ0v) is 12.7. The Kier molecular flexibility index (Phi) is 6.61. The molecular weight excluding hydrogens is 280 g/mol. The third kappa shape index (κ3) is 5.67. The van der Waals surface area contributed by atoms with Crippen molar-refractivity contribution in [2.24, 2.45) is 5.92 Å². The molecule has 3 N–H and O–H groups in total. The van der Waals surface area contributed by atoms with E-state index in [1.165, 1.54) is 0 Å². The number of hydrogen-bond donors (Lipinski definition) is 3. The van der Waals surface area contributed by atoms with Crippen molar-refractivity contribution in [2.75, 3.05) is 19.0 Å². The Morgan fingerprint density at radius 3 is 2.75 bits per heavy atom. The Morgan fingerprint density at radius 1 is 1.45 bits per heavy atom. The summed E-state index contributed by atoms with van der Waals surface area (Å²) >= 11 is 6.00. The van der Waals surface area contributed by atoms with E-state index >= 15 is 0 Å². The number of ether oxygens (including phenoxy) is 1. The molecule has 20 heavy (non-hydrogen) atoms. The molecule has 0 aliphatic carbocycles. The number of methoxy groups -OCH3 is 1. The highest BCUT2D eigenvalue weighted by molar-refractivity contribution is 6.33. The molecule has 0 bridgehead atoms. The third-order valence-corrected chi connectivity index (χ3v) is 3.11. The van der Waals surface area contributed by atoms with Gasteiger partial charge in [-0.3, -0.25) is 0 Å². The lowest BCUT2D eigenvalue weighted by Gasteiger charge is -2.15. The highest BCUT2D eigenvalue weighted by Gasteiger charge is 2.10. The van der Waals surface area contributed by atoms with Crippen molar-refractivity contribution >= 4 is 23.3 Å². The fraction of sp³-hybridized carbons (Fsp3) is 0.500. The first kappa shape index (κ1) is 16.6. The maximum absolute atomic E-state index is 11.8. The number of halogens is 1. The van der Waals surface area contributed by atoms with Crippen LogP contribution in [0.3, 0.4) is 0 Å². The molecule has 6 heteroatoms. The van der Waals surface area contributed by atoms with Crippen LogP contribution in [0.4, 0.5) is 10.5 Å². The molecule has 2 atom stereocenters. The topological polar surface area (TPSA) is 70.6 Å². The molecule has 1 aromatic rings. The van der Waals surface area contributed by atoms with Crippen LogP contribution >= 0.6 is 11.6 Å². The number of urea groups is 1. The van der Waals surface area contributed by atoms with Gasteiger partial charge in [-0.05, 0) is 31.4 Å². The van der Waals surface area contributed by atoms with Gasteiger partial charge in [-0.25, -0.2) is 4.79 Å². The summed E-state index contributed by atoms with van der Waals surface area (Å²) in [6.07, 6.45) is 0.267. The third-order valence-electron chi connectivity index (χ3n) is 2.78. The fourth-order valence-electron chi connectivity index (χ4n) is 1.83. The quantitative estimate of drug-likeness (QED) is 0.756. The summed E-state index contributed by atoms with van der Waals surface area (Å²) in [5, 5.41) is 15.1. The predicted octanol–water partition coefficient (Wildman–Crippen LogP) is 2.88. The van der Waals surface area contributed by atoms with Gasteiger partial charge in [0.1, 0.15) is 5.75 Å². The van der Waals surface area contributed by atoms with E-state index < -0.39 is 0 Å². The van der Waals surface area contributed by atoms with Crippen LogP contribution in [-0.4, -0.2) is 30.9 Å². The molecule has 0 saturated heterocycles. The second-order valence-electron chi connectivity index (χ2n) is 4.87. The first-order chi connectivity index (χ1) is 9.42. The predicted molar refractivity (Wildman–Crippen MR) is 80.5 cm³/mol. The van der Waals surface area contributed by atoms with Crippen LogP contribution in [0.5, 0.6) is 5.75 Å². The summed E-state index contributed by atoms with van der Waals surface area (Å²) in [6, 6.07) is 4.70. The summed E-state index contributed by atoms with van der Waals surface area (Å²) in [5.74, 6) is 0.814. The van der Waals surface area contributed by atoms with Gasteiger partial charge < -0.3 is 20.5 Å². The maximum atomic E-state index is 11.8.